The molecule has 2 amide bonds. The maximum atomic E-state index is 13.7. The molecule has 1 fully saturated rings. The lowest BCUT2D eigenvalue weighted by Gasteiger charge is -2.40. The minimum Gasteiger partial charge on any atom is -0.393 e. The predicted molar refractivity (Wildman–Crippen MR) is 94.5 cm³/mol. The van der Waals surface area contributed by atoms with Gasteiger partial charge in [-0.15, -0.1) is 0 Å². The van der Waals surface area contributed by atoms with Crippen LogP contribution < -0.4 is 11.2 Å². The second-order valence-electron chi connectivity index (χ2n) is 7.14. The molecule has 0 bridgehead atoms. The van der Waals surface area contributed by atoms with Crippen LogP contribution in [0.4, 0.5) is 4.39 Å². The average molecular weight is 381 g/mol. The van der Waals surface area contributed by atoms with Gasteiger partial charge in [0, 0.05) is 5.92 Å². The predicted octanol–water partition coefficient (Wildman–Crippen LogP) is 0.852. The molecule has 1 aromatic rings. The molecule has 0 spiro atoms. The number of hydrogen-bond donors (Lipinski definition) is 5. The summed E-state index contributed by atoms with van der Waals surface area (Å²) in [4.78, 5) is 23.4. The van der Waals surface area contributed by atoms with Crippen molar-refractivity contribution in [1.29, 1.82) is 0 Å². The van der Waals surface area contributed by atoms with Crippen LogP contribution in [0.25, 0.3) is 0 Å². The SMILES string of the molecule is NC(=O)C1CCC(O)(C(CC(O)[CH]Cc2ccccc2F)C(=O)NO)CC1. The molecule has 1 aliphatic rings. The molecule has 1 saturated carbocycles. The van der Waals surface area contributed by atoms with Crippen molar-refractivity contribution in [3.05, 3.63) is 42.1 Å². The first-order valence-electron chi connectivity index (χ1n) is 8.97. The fourth-order valence-corrected chi connectivity index (χ4v) is 3.66. The Morgan fingerprint density at radius 3 is 2.52 bits per heavy atom. The van der Waals surface area contributed by atoms with Crippen molar-refractivity contribution < 1.29 is 29.4 Å². The summed E-state index contributed by atoms with van der Waals surface area (Å²) < 4.78 is 13.7. The number of aliphatic hydroxyl groups excluding tert-OH is 1. The van der Waals surface area contributed by atoms with E-state index in [1.807, 2.05) is 0 Å². The van der Waals surface area contributed by atoms with Crippen molar-refractivity contribution in [2.24, 2.45) is 17.6 Å². The monoisotopic (exact) mass is 381 g/mol. The van der Waals surface area contributed by atoms with E-state index in [9.17, 15) is 24.2 Å². The number of nitrogens with one attached hydrogen (secondary N) is 1. The number of carbonyl (C=O) groups excluding carboxylic acids is 2. The molecule has 149 valence electrons. The molecule has 0 aliphatic heterocycles. The molecule has 7 nitrogen and oxygen atoms in total. The topological polar surface area (TPSA) is 133 Å². The molecule has 0 heterocycles. The van der Waals surface area contributed by atoms with Gasteiger partial charge in [-0.05, 0) is 56.6 Å². The molecule has 8 heteroatoms. The number of carbonyl (C=O) groups is 2. The van der Waals surface area contributed by atoms with Crippen LogP contribution in [0.1, 0.15) is 37.7 Å². The lowest BCUT2D eigenvalue weighted by Crippen LogP contribution is -2.50. The van der Waals surface area contributed by atoms with Gasteiger partial charge in [0.15, 0.2) is 0 Å². The number of hydroxylamine groups is 1. The first kappa shape index (κ1) is 21.3. The highest BCUT2D eigenvalue weighted by Gasteiger charge is 2.45. The summed E-state index contributed by atoms with van der Waals surface area (Å²) in [7, 11) is 0. The van der Waals surface area contributed by atoms with Crippen LogP contribution in [0.3, 0.4) is 0 Å². The van der Waals surface area contributed by atoms with Crippen LogP contribution in [0.15, 0.2) is 24.3 Å². The van der Waals surface area contributed by atoms with Gasteiger partial charge in [0.1, 0.15) is 5.82 Å². The van der Waals surface area contributed by atoms with E-state index >= 15 is 0 Å². The van der Waals surface area contributed by atoms with Gasteiger partial charge >= 0.3 is 0 Å². The van der Waals surface area contributed by atoms with E-state index in [2.05, 4.69) is 0 Å². The summed E-state index contributed by atoms with van der Waals surface area (Å²) >= 11 is 0. The van der Waals surface area contributed by atoms with Crippen molar-refractivity contribution in [2.45, 2.75) is 50.2 Å². The van der Waals surface area contributed by atoms with Crippen molar-refractivity contribution in [3.8, 4) is 0 Å². The number of nitrogens with two attached hydrogens (primary N) is 1. The molecule has 1 aromatic carbocycles. The van der Waals surface area contributed by atoms with E-state index in [1.54, 1.807) is 18.2 Å². The number of halogens is 1. The van der Waals surface area contributed by atoms with Gasteiger partial charge in [0.2, 0.25) is 11.8 Å². The van der Waals surface area contributed by atoms with Gasteiger partial charge < -0.3 is 15.9 Å². The van der Waals surface area contributed by atoms with Crippen LogP contribution in [0, 0.1) is 24.1 Å². The van der Waals surface area contributed by atoms with Crippen molar-refractivity contribution >= 4 is 11.8 Å². The van der Waals surface area contributed by atoms with Crippen molar-refractivity contribution in [1.82, 2.24) is 5.48 Å². The average Bonchev–Trinajstić information content (AvgIpc) is 2.65. The Hall–Kier alpha value is -2.03. The summed E-state index contributed by atoms with van der Waals surface area (Å²) in [6, 6.07) is 6.15. The van der Waals surface area contributed by atoms with Crippen LogP contribution in [-0.4, -0.2) is 38.9 Å². The second-order valence-corrected chi connectivity index (χ2v) is 7.14. The lowest BCUT2D eigenvalue weighted by atomic mass is 9.70. The Balaban J connectivity index is 2.00. The number of benzene rings is 1. The van der Waals surface area contributed by atoms with Gasteiger partial charge in [0.25, 0.3) is 0 Å². The molecule has 2 atom stereocenters. The molecule has 0 saturated heterocycles. The van der Waals surface area contributed by atoms with Crippen LogP contribution >= 0.6 is 0 Å². The summed E-state index contributed by atoms with van der Waals surface area (Å²) in [5.41, 5.74) is 5.76. The zero-order chi connectivity index (χ0) is 20.0. The maximum Gasteiger partial charge on any atom is 0.249 e. The van der Waals surface area contributed by atoms with E-state index in [4.69, 9.17) is 10.9 Å². The van der Waals surface area contributed by atoms with Gasteiger partial charge in [-0.2, -0.15) is 0 Å². The number of amides is 2. The Labute approximate surface area is 157 Å². The highest BCUT2D eigenvalue weighted by molar-refractivity contribution is 5.79. The number of aliphatic hydroxyl groups is 2. The molecular formula is C19H26FN2O5. The van der Waals surface area contributed by atoms with Crippen molar-refractivity contribution in [2.75, 3.05) is 0 Å². The van der Waals surface area contributed by atoms with E-state index in [0.717, 1.165) is 0 Å². The molecule has 6 N–H and O–H groups in total. The Kier molecular flexibility index (Phi) is 7.29. The van der Waals surface area contributed by atoms with Crippen LogP contribution in [0.5, 0.6) is 0 Å². The minimum absolute atomic E-state index is 0.140. The largest absolute Gasteiger partial charge is 0.393 e. The van der Waals surface area contributed by atoms with E-state index in [0.29, 0.717) is 18.4 Å². The lowest BCUT2D eigenvalue weighted by molar-refractivity contribution is -0.150. The third kappa shape index (κ3) is 5.47. The Morgan fingerprint density at radius 2 is 1.96 bits per heavy atom. The molecule has 0 aromatic heterocycles. The van der Waals surface area contributed by atoms with E-state index < -0.39 is 35.3 Å². The number of hydrogen-bond acceptors (Lipinski definition) is 5. The third-order valence-electron chi connectivity index (χ3n) is 5.37. The molecule has 27 heavy (non-hydrogen) atoms. The highest BCUT2D eigenvalue weighted by Crippen LogP contribution is 2.39. The zero-order valence-electron chi connectivity index (χ0n) is 15.0. The highest BCUT2D eigenvalue weighted by atomic mass is 19.1. The zero-order valence-corrected chi connectivity index (χ0v) is 15.0. The van der Waals surface area contributed by atoms with E-state index in [1.165, 1.54) is 18.0 Å². The van der Waals surface area contributed by atoms with Gasteiger partial charge in [0.05, 0.1) is 17.6 Å². The fraction of sp³-hybridized carbons (Fsp3) is 0.526. The summed E-state index contributed by atoms with van der Waals surface area (Å²) in [6.45, 7) is 0. The number of primary amides is 1. The Morgan fingerprint density at radius 1 is 1.33 bits per heavy atom. The van der Waals surface area contributed by atoms with Crippen molar-refractivity contribution in [3.63, 3.8) is 0 Å². The quantitative estimate of drug-likeness (QED) is 0.336. The van der Waals surface area contributed by atoms with Gasteiger partial charge in [-0.1, -0.05) is 18.2 Å². The molecule has 2 rings (SSSR count). The summed E-state index contributed by atoms with van der Waals surface area (Å²) in [5.74, 6) is -3.09. The molecular weight excluding hydrogens is 355 g/mol. The minimum atomic E-state index is -1.47. The number of rotatable bonds is 8. The normalized spacial score (nSPS) is 24.8. The molecule has 1 aliphatic carbocycles. The van der Waals surface area contributed by atoms with Gasteiger partial charge in [-0.3, -0.25) is 14.8 Å². The van der Waals surface area contributed by atoms with Crippen LogP contribution in [-0.2, 0) is 16.0 Å². The molecule has 1 radical (unpaired) electrons. The summed E-state index contributed by atoms with van der Waals surface area (Å²) in [5, 5.41) is 30.2. The summed E-state index contributed by atoms with van der Waals surface area (Å²) in [6.07, 6.45) is 1.34. The van der Waals surface area contributed by atoms with Gasteiger partial charge in [-0.25, -0.2) is 9.87 Å². The smallest absolute Gasteiger partial charge is 0.249 e. The second kappa shape index (κ2) is 9.25. The third-order valence-corrected chi connectivity index (χ3v) is 5.37. The Bertz CT molecular complexity index is 661. The first-order valence-corrected chi connectivity index (χ1v) is 8.97. The maximum absolute atomic E-state index is 13.7. The molecule has 2 unspecified atom stereocenters. The fourth-order valence-electron chi connectivity index (χ4n) is 3.66. The first-order chi connectivity index (χ1) is 12.8. The standard InChI is InChI=1S/C19H26FN2O5/c20-16-4-2-1-3-12(16)5-6-14(23)11-15(18(25)22-27)19(26)9-7-13(8-10-19)17(21)24/h1-4,6,13-15,23,26-27H,5,7-11H2,(H2,21,24)(H,22,25). The van der Waals surface area contributed by atoms with Crippen LogP contribution in [0.2, 0.25) is 0 Å². The van der Waals surface area contributed by atoms with E-state index in [-0.39, 0.29) is 31.6 Å².